The molecule has 17 heavy (non-hydrogen) atoms. The Kier molecular flexibility index (Phi) is 3.65. The average Bonchev–Trinajstić information content (AvgIpc) is 2.27. The van der Waals surface area contributed by atoms with Crippen LogP contribution in [0.4, 0.5) is 0 Å². The van der Waals surface area contributed by atoms with E-state index in [1.807, 2.05) is 0 Å². The lowest BCUT2D eigenvalue weighted by Gasteiger charge is -2.48. The van der Waals surface area contributed by atoms with Gasteiger partial charge in [-0.3, -0.25) is 0 Å². The van der Waals surface area contributed by atoms with E-state index in [1.54, 1.807) is 0 Å². The van der Waals surface area contributed by atoms with Crippen molar-refractivity contribution in [1.29, 1.82) is 0 Å². The second-order valence-corrected chi connectivity index (χ2v) is 6.62. The van der Waals surface area contributed by atoms with Crippen molar-refractivity contribution in [3.05, 3.63) is 11.6 Å². The van der Waals surface area contributed by atoms with Crippen LogP contribution in [0.3, 0.4) is 0 Å². The Morgan fingerprint density at radius 2 is 2.24 bits per heavy atom. The number of hydrogen-bond acceptors (Lipinski definition) is 2. The van der Waals surface area contributed by atoms with E-state index in [9.17, 15) is 0 Å². The first-order chi connectivity index (χ1) is 7.95. The Morgan fingerprint density at radius 1 is 1.53 bits per heavy atom. The molecule has 2 aliphatic rings. The summed E-state index contributed by atoms with van der Waals surface area (Å²) in [6.45, 7) is 10.4. The summed E-state index contributed by atoms with van der Waals surface area (Å²) in [4.78, 5) is 0. The van der Waals surface area contributed by atoms with Gasteiger partial charge < -0.3 is 11.1 Å². The molecule has 0 saturated carbocycles. The molecule has 0 aromatic heterocycles. The van der Waals surface area contributed by atoms with Crippen molar-refractivity contribution in [2.45, 2.75) is 59.0 Å². The molecular formula is C15H28N2. The molecule has 0 amide bonds. The summed E-state index contributed by atoms with van der Waals surface area (Å²) in [6.07, 6.45) is 6.29. The lowest BCUT2D eigenvalue weighted by Crippen LogP contribution is -2.52. The van der Waals surface area contributed by atoms with E-state index >= 15 is 0 Å². The summed E-state index contributed by atoms with van der Waals surface area (Å²) < 4.78 is 0. The number of nitrogens with one attached hydrogen (secondary N) is 1. The van der Waals surface area contributed by atoms with Gasteiger partial charge in [0.25, 0.3) is 0 Å². The Hall–Kier alpha value is -0.340. The second-order valence-electron chi connectivity index (χ2n) is 6.62. The van der Waals surface area contributed by atoms with Gasteiger partial charge in [0.1, 0.15) is 0 Å². The summed E-state index contributed by atoms with van der Waals surface area (Å²) >= 11 is 0. The molecule has 1 heterocycles. The molecule has 1 aliphatic heterocycles. The highest BCUT2D eigenvalue weighted by atomic mass is 14.9. The number of nitrogens with two attached hydrogens (primary N) is 1. The number of rotatable bonds is 2. The van der Waals surface area contributed by atoms with Crippen LogP contribution in [0.5, 0.6) is 0 Å². The van der Waals surface area contributed by atoms with Crippen LogP contribution in [0.25, 0.3) is 0 Å². The van der Waals surface area contributed by atoms with Gasteiger partial charge in [-0.1, -0.05) is 32.4 Å². The Labute approximate surface area is 106 Å². The molecule has 1 fully saturated rings. The number of fused-ring (bicyclic) bond motifs is 1. The molecule has 1 saturated heterocycles. The minimum atomic E-state index is 0.215. The average molecular weight is 236 g/mol. The SMILES string of the molecule is CCC1CC2C(C=C1C(C)N)NCCC2(C)C. The van der Waals surface area contributed by atoms with Gasteiger partial charge in [0.15, 0.2) is 0 Å². The van der Waals surface area contributed by atoms with Gasteiger partial charge in [-0.2, -0.15) is 0 Å². The highest BCUT2D eigenvalue weighted by Gasteiger charge is 2.42. The lowest BCUT2D eigenvalue weighted by atomic mass is 9.62. The molecule has 0 radical (unpaired) electrons. The van der Waals surface area contributed by atoms with Crippen molar-refractivity contribution in [2.24, 2.45) is 23.0 Å². The zero-order valence-corrected chi connectivity index (χ0v) is 11.8. The molecule has 98 valence electrons. The highest BCUT2D eigenvalue weighted by molar-refractivity contribution is 5.22. The minimum absolute atomic E-state index is 0.215. The fourth-order valence-corrected chi connectivity index (χ4v) is 3.73. The van der Waals surface area contributed by atoms with Crippen molar-refractivity contribution < 1.29 is 0 Å². The number of hydrogen-bond donors (Lipinski definition) is 2. The van der Waals surface area contributed by atoms with E-state index in [-0.39, 0.29) is 6.04 Å². The maximum Gasteiger partial charge on any atom is 0.0286 e. The second kappa shape index (κ2) is 4.74. The summed E-state index contributed by atoms with van der Waals surface area (Å²) in [5.41, 5.74) is 8.09. The standard InChI is InChI=1S/C15H28N2/c1-5-11-8-13-14(9-12(11)10(2)16)17-7-6-15(13,3)4/h9-11,13-14,17H,5-8,16H2,1-4H3. The maximum absolute atomic E-state index is 6.13. The van der Waals surface area contributed by atoms with Gasteiger partial charge >= 0.3 is 0 Å². The van der Waals surface area contributed by atoms with Crippen LogP contribution in [0.2, 0.25) is 0 Å². The summed E-state index contributed by atoms with van der Waals surface area (Å²) in [5.74, 6) is 1.49. The van der Waals surface area contributed by atoms with E-state index < -0.39 is 0 Å². The van der Waals surface area contributed by atoms with Gasteiger partial charge in [0.2, 0.25) is 0 Å². The predicted molar refractivity (Wildman–Crippen MR) is 73.8 cm³/mol. The van der Waals surface area contributed by atoms with Gasteiger partial charge in [0, 0.05) is 12.1 Å². The van der Waals surface area contributed by atoms with E-state index in [0.717, 1.165) is 12.5 Å². The molecule has 2 nitrogen and oxygen atoms in total. The number of piperidine rings is 1. The van der Waals surface area contributed by atoms with Gasteiger partial charge in [-0.25, -0.2) is 0 Å². The van der Waals surface area contributed by atoms with Crippen molar-refractivity contribution in [3.8, 4) is 0 Å². The molecule has 2 rings (SSSR count). The summed E-state index contributed by atoms with van der Waals surface area (Å²) in [7, 11) is 0. The van der Waals surface area contributed by atoms with Crippen LogP contribution in [0, 0.1) is 17.3 Å². The monoisotopic (exact) mass is 236 g/mol. The molecule has 2 heteroatoms. The zero-order valence-electron chi connectivity index (χ0n) is 11.8. The van der Waals surface area contributed by atoms with Crippen molar-refractivity contribution in [2.75, 3.05) is 6.54 Å². The smallest absolute Gasteiger partial charge is 0.0286 e. The molecule has 0 aromatic rings. The fourth-order valence-electron chi connectivity index (χ4n) is 3.73. The Balaban J connectivity index is 2.27. The third-order valence-electron chi connectivity index (χ3n) is 4.99. The zero-order chi connectivity index (χ0) is 12.6. The molecular weight excluding hydrogens is 208 g/mol. The third kappa shape index (κ3) is 2.43. The Morgan fingerprint density at radius 3 is 2.82 bits per heavy atom. The quantitative estimate of drug-likeness (QED) is 0.723. The van der Waals surface area contributed by atoms with Crippen LogP contribution < -0.4 is 11.1 Å². The maximum atomic E-state index is 6.13. The van der Waals surface area contributed by atoms with Crippen LogP contribution in [-0.4, -0.2) is 18.6 Å². The predicted octanol–water partition coefficient (Wildman–Crippen LogP) is 2.69. The van der Waals surface area contributed by atoms with Crippen molar-refractivity contribution in [1.82, 2.24) is 5.32 Å². The fraction of sp³-hybridized carbons (Fsp3) is 0.867. The van der Waals surface area contributed by atoms with Gasteiger partial charge in [-0.15, -0.1) is 0 Å². The first-order valence-electron chi connectivity index (χ1n) is 7.16. The highest BCUT2D eigenvalue weighted by Crippen LogP contribution is 2.45. The topological polar surface area (TPSA) is 38.0 Å². The minimum Gasteiger partial charge on any atom is -0.324 e. The van der Waals surface area contributed by atoms with Gasteiger partial charge in [0.05, 0.1) is 0 Å². The van der Waals surface area contributed by atoms with Crippen LogP contribution in [0.1, 0.15) is 47.0 Å². The molecule has 0 aromatic carbocycles. The molecule has 3 N–H and O–H groups in total. The molecule has 4 unspecified atom stereocenters. The van der Waals surface area contributed by atoms with E-state index in [2.05, 4.69) is 39.1 Å². The third-order valence-corrected chi connectivity index (χ3v) is 4.99. The van der Waals surface area contributed by atoms with Crippen molar-refractivity contribution in [3.63, 3.8) is 0 Å². The molecule has 4 atom stereocenters. The van der Waals surface area contributed by atoms with Gasteiger partial charge in [-0.05, 0) is 50.0 Å². The van der Waals surface area contributed by atoms with E-state index in [4.69, 9.17) is 5.73 Å². The normalized spacial score (nSPS) is 38.2. The summed E-state index contributed by atoms with van der Waals surface area (Å²) in [5, 5.41) is 3.67. The first-order valence-corrected chi connectivity index (χ1v) is 7.16. The summed E-state index contributed by atoms with van der Waals surface area (Å²) in [6, 6.07) is 0.773. The molecule has 0 bridgehead atoms. The van der Waals surface area contributed by atoms with Crippen molar-refractivity contribution >= 4 is 0 Å². The largest absolute Gasteiger partial charge is 0.324 e. The van der Waals surface area contributed by atoms with Crippen LogP contribution >= 0.6 is 0 Å². The lowest BCUT2D eigenvalue weighted by molar-refractivity contribution is 0.0924. The van der Waals surface area contributed by atoms with Crippen LogP contribution in [0.15, 0.2) is 11.6 Å². The molecule has 0 spiro atoms. The first kappa shape index (κ1) is 13.1. The van der Waals surface area contributed by atoms with E-state index in [0.29, 0.717) is 17.4 Å². The van der Waals surface area contributed by atoms with E-state index in [1.165, 1.54) is 24.8 Å². The Bertz CT molecular complexity index is 304. The molecule has 1 aliphatic carbocycles. The van der Waals surface area contributed by atoms with Crippen LogP contribution in [-0.2, 0) is 0 Å².